The molecule has 2 N–H and O–H groups in total. The van der Waals surface area contributed by atoms with Crippen LogP contribution in [0.15, 0.2) is 64.6 Å². The summed E-state index contributed by atoms with van der Waals surface area (Å²) < 4.78 is 39.0. The second kappa shape index (κ2) is 7.68. The molecule has 0 saturated carbocycles. The van der Waals surface area contributed by atoms with Gasteiger partial charge < -0.3 is 14.9 Å². The average molecular weight is 424 g/mol. The van der Waals surface area contributed by atoms with Crippen LogP contribution in [0.4, 0.5) is 11.5 Å². The third-order valence-electron chi connectivity index (χ3n) is 4.55. The number of oxazole rings is 1. The van der Waals surface area contributed by atoms with Gasteiger partial charge in [0, 0.05) is 6.20 Å². The fourth-order valence-electron chi connectivity index (χ4n) is 3.02. The summed E-state index contributed by atoms with van der Waals surface area (Å²) in [4.78, 5) is 8.68. The second-order valence-corrected chi connectivity index (χ2v) is 8.51. The lowest BCUT2D eigenvalue weighted by Crippen LogP contribution is -2.38. The van der Waals surface area contributed by atoms with Gasteiger partial charge in [-0.3, -0.25) is 4.31 Å². The number of nitrogens with zero attached hydrogens (tertiary/aromatic N) is 3. The first-order chi connectivity index (χ1) is 14.4. The molecule has 0 bridgehead atoms. The van der Waals surface area contributed by atoms with Gasteiger partial charge >= 0.3 is 0 Å². The number of anilines is 2. The Morgan fingerprint density at radius 1 is 1.27 bits per heavy atom. The minimum Gasteiger partial charge on any atom is -0.474 e. The molecule has 0 amide bonds. The maximum atomic E-state index is 13.3. The van der Waals surface area contributed by atoms with Crippen molar-refractivity contribution >= 4 is 27.6 Å². The molecular formula is C21H20N4O4S. The largest absolute Gasteiger partial charge is 0.474 e. The van der Waals surface area contributed by atoms with Gasteiger partial charge in [0.05, 0.1) is 17.0 Å². The fourth-order valence-corrected chi connectivity index (χ4v) is 4.46. The van der Waals surface area contributed by atoms with Crippen molar-refractivity contribution in [2.24, 2.45) is 0 Å². The summed E-state index contributed by atoms with van der Waals surface area (Å²) >= 11 is 0. The molecule has 0 fully saturated rings. The zero-order chi connectivity index (χ0) is 21.3. The Balaban J connectivity index is 1.76. The Labute approximate surface area is 174 Å². The zero-order valence-electron chi connectivity index (χ0n) is 16.3. The number of rotatable bonds is 5. The van der Waals surface area contributed by atoms with Crippen molar-refractivity contribution < 1.29 is 17.6 Å². The van der Waals surface area contributed by atoms with Crippen LogP contribution >= 0.6 is 0 Å². The third-order valence-corrected chi connectivity index (χ3v) is 6.38. The summed E-state index contributed by atoms with van der Waals surface area (Å²) in [5.41, 5.74) is 7.67. The van der Waals surface area contributed by atoms with E-state index in [1.807, 2.05) is 6.92 Å². The minimum absolute atomic E-state index is 0.162. The van der Waals surface area contributed by atoms with Crippen LogP contribution in [0.3, 0.4) is 0 Å². The maximum Gasteiger partial charge on any atom is 0.264 e. The molecule has 0 radical (unpaired) electrons. The predicted octanol–water partition coefficient (Wildman–Crippen LogP) is 3.41. The van der Waals surface area contributed by atoms with Gasteiger partial charge in [-0.2, -0.15) is 4.98 Å². The molecule has 0 atom stereocenters. The van der Waals surface area contributed by atoms with E-state index in [1.165, 1.54) is 10.5 Å². The van der Waals surface area contributed by atoms with Gasteiger partial charge in [0.15, 0.2) is 11.6 Å². The summed E-state index contributed by atoms with van der Waals surface area (Å²) in [6.45, 7) is 5.87. The van der Waals surface area contributed by atoms with Crippen molar-refractivity contribution in [3.8, 4) is 17.3 Å². The summed E-state index contributed by atoms with van der Waals surface area (Å²) in [5.74, 6) is 1.04. The highest BCUT2D eigenvalue weighted by Gasteiger charge is 2.31. The number of sulfonamides is 1. The highest BCUT2D eigenvalue weighted by molar-refractivity contribution is 7.92. The van der Waals surface area contributed by atoms with E-state index in [0.29, 0.717) is 17.0 Å². The molecule has 8 nitrogen and oxygen atoms in total. The Morgan fingerprint density at radius 2 is 2.03 bits per heavy atom. The molecule has 0 spiro atoms. The number of fused-ring (bicyclic) bond motifs is 1. The van der Waals surface area contributed by atoms with Gasteiger partial charge in [-0.1, -0.05) is 36.4 Å². The molecule has 1 aliphatic heterocycles. The van der Waals surface area contributed by atoms with Gasteiger partial charge in [-0.25, -0.2) is 13.4 Å². The number of nitrogens with two attached hydrogens (primary N) is 1. The average Bonchev–Trinajstić information content (AvgIpc) is 3.12. The quantitative estimate of drug-likeness (QED) is 0.625. The number of allylic oxidation sites excluding steroid dienone is 2. The van der Waals surface area contributed by atoms with Gasteiger partial charge in [0.1, 0.15) is 12.3 Å². The van der Waals surface area contributed by atoms with E-state index in [-0.39, 0.29) is 35.6 Å². The zero-order valence-corrected chi connectivity index (χ0v) is 17.1. The van der Waals surface area contributed by atoms with Crippen molar-refractivity contribution in [1.82, 2.24) is 9.97 Å². The van der Waals surface area contributed by atoms with Crippen molar-refractivity contribution in [3.63, 3.8) is 0 Å². The van der Waals surface area contributed by atoms with Crippen LogP contribution in [0, 0.1) is 6.92 Å². The first-order valence-electron chi connectivity index (χ1n) is 9.18. The predicted molar refractivity (Wildman–Crippen MR) is 115 cm³/mol. The van der Waals surface area contributed by atoms with Gasteiger partial charge in [0.25, 0.3) is 10.0 Å². The fraction of sp³-hybridized carbons (Fsp3) is 0.143. The number of aromatic nitrogens is 2. The van der Waals surface area contributed by atoms with Crippen molar-refractivity contribution in [2.45, 2.75) is 11.8 Å². The van der Waals surface area contributed by atoms with Crippen molar-refractivity contribution in [2.75, 3.05) is 23.2 Å². The van der Waals surface area contributed by atoms with Crippen molar-refractivity contribution in [3.05, 3.63) is 66.6 Å². The molecule has 1 aromatic carbocycles. The molecule has 0 saturated heterocycles. The molecule has 4 rings (SSSR count). The number of nitrogen functional groups attached to an aromatic ring is 1. The third kappa shape index (κ3) is 3.55. The number of benzene rings is 1. The Morgan fingerprint density at radius 3 is 2.77 bits per heavy atom. The first-order valence-corrected chi connectivity index (χ1v) is 10.6. The maximum absolute atomic E-state index is 13.3. The number of hydrogen-bond donors (Lipinski definition) is 1. The van der Waals surface area contributed by atoms with Crippen LogP contribution < -0.4 is 14.8 Å². The highest BCUT2D eigenvalue weighted by Crippen LogP contribution is 2.37. The molecular weight excluding hydrogens is 404 g/mol. The van der Waals surface area contributed by atoms with E-state index in [9.17, 15) is 8.42 Å². The van der Waals surface area contributed by atoms with E-state index in [0.717, 1.165) is 5.56 Å². The topological polar surface area (TPSA) is 112 Å². The molecule has 30 heavy (non-hydrogen) atoms. The van der Waals surface area contributed by atoms with Gasteiger partial charge in [0.2, 0.25) is 11.8 Å². The van der Waals surface area contributed by atoms with E-state index < -0.39 is 10.0 Å². The molecule has 1 aliphatic rings. The normalized spacial score (nSPS) is 13.8. The summed E-state index contributed by atoms with van der Waals surface area (Å²) in [6.07, 6.45) is 6.41. The smallest absolute Gasteiger partial charge is 0.264 e. The number of ether oxygens (including phenoxy) is 1. The van der Waals surface area contributed by atoms with Crippen LogP contribution in [0.5, 0.6) is 5.88 Å². The van der Waals surface area contributed by atoms with Crippen LogP contribution in [0.2, 0.25) is 0 Å². The van der Waals surface area contributed by atoms with E-state index >= 15 is 0 Å². The van der Waals surface area contributed by atoms with Crippen molar-refractivity contribution in [1.29, 1.82) is 0 Å². The molecule has 154 valence electrons. The molecule has 9 heteroatoms. The SMILES string of the molecule is C=C/C=C\c1oc(-c2cnc3c(c2)N(S(=O)(=O)c2ccc(C)cc2)CCO3)nc1N. The van der Waals surface area contributed by atoms with Crippen LogP contribution in [-0.4, -0.2) is 31.5 Å². The Hall–Kier alpha value is -3.59. The molecule has 0 unspecified atom stereocenters. The lowest BCUT2D eigenvalue weighted by molar-refractivity contribution is 0.303. The summed E-state index contributed by atoms with van der Waals surface area (Å²) in [7, 11) is -3.79. The number of pyridine rings is 1. The van der Waals surface area contributed by atoms with Crippen LogP contribution in [-0.2, 0) is 10.0 Å². The molecule has 3 heterocycles. The van der Waals surface area contributed by atoms with Crippen LogP contribution in [0.25, 0.3) is 17.5 Å². The lowest BCUT2D eigenvalue weighted by Gasteiger charge is -2.29. The summed E-state index contributed by atoms with van der Waals surface area (Å²) in [6, 6.07) is 8.32. The number of hydrogen-bond acceptors (Lipinski definition) is 7. The van der Waals surface area contributed by atoms with E-state index in [4.69, 9.17) is 14.9 Å². The molecule has 2 aromatic heterocycles. The lowest BCUT2D eigenvalue weighted by atomic mass is 10.2. The first kappa shape index (κ1) is 19.7. The van der Waals surface area contributed by atoms with Gasteiger partial charge in [-0.15, -0.1) is 0 Å². The van der Waals surface area contributed by atoms with E-state index in [2.05, 4.69) is 16.5 Å². The monoisotopic (exact) mass is 424 g/mol. The summed E-state index contributed by atoms with van der Waals surface area (Å²) in [5, 5.41) is 0. The Kier molecular flexibility index (Phi) is 5.04. The van der Waals surface area contributed by atoms with E-state index in [1.54, 1.807) is 48.6 Å². The minimum atomic E-state index is -3.79. The van der Waals surface area contributed by atoms with Gasteiger partial charge in [-0.05, 0) is 31.2 Å². The Bertz CT molecular complexity index is 1230. The molecule has 3 aromatic rings. The highest BCUT2D eigenvalue weighted by atomic mass is 32.2. The second-order valence-electron chi connectivity index (χ2n) is 6.65. The standard InChI is InChI=1S/C21H20N4O4S/c1-3-4-5-18-19(22)24-20(29-18)15-12-17-21(23-13-15)28-11-10-25(17)30(26,27)16-8-6-14(2)7-9-16/h3-9,12-13H,1,10-11,22H2,2H3/b5-4-. The molecule has 0 aliphatic carbocycles. The van der Waals surface area contributed by atoms with Crippen LogP contribution in [0.1, 0.15) is 11.3 Å². The number of aryl methyl sites for hydroxylation is 1.